The van der Waals surface area contributed by atoms with Crippen molar-refractivity contribution >= 4 is 11.8 Å². The van der Waals surface area contributed by atoms with Gasteiger partial charge in [0.1, 0.15) is 6.04 Å². The lowest BCUT2D eigenvalue weighted by Gasteiger charge is -2.19. The first kappa shape index (κ1) is 18.5. The highest BCUT2D eigenvalue weighted by molar-refractivity contribution is 5.88. The summed E-state index contributed by atoms with van der Waals surface area (Å²) in [6.45, 7) is 5.16. The van der Waals surface area contributed by atoms with Gasteiger partial charge in [-0.25, -0.2) is 0 Å². The fourth-order valence-corrected chi connectivity index (χ4v) is 2.34. The Labute approximate surface area is 144 Å². The summed E-state index contributed by atoms with van der Waals surface area (Å²) in [4.78, 5) is 24.5. The van der Waals surface area contributed by atoms with E-state index < -0.39 is 6.04 Å². The van der Waals surface area contributed by atoms with Crippen molar-refractivity contribution in [2.45, 2.75) is 51.6 Å². The van der Waals surface area contributed by atoms with Crippen LogP contribution in [0, 0.1) is 5.92 Å². The molecule has 0 heterocycles. The van der Waals surface area contributed by atoms with Crippen molar-refractivity contribution in [1.82, 2.24) is 10.6 Å². The number of rotatable bonds is 10. The van der Waals surface area contributed by atoms with Gasteiger partial charge in [-0.15, -0.1) is 0 Å². The Morgan fingerprint density at radius 3 is 2.54 bits per heavy atom. The summed E-state index contributed by atoms with van der Waals surface area (Å²) in [7, 11) is 0. The Balaban J connectivity index is 1.84. The zero-order chi connectivity index (χ0) is 17.4. The van der Waals surface area contributed by atoms with E-state index in [9.17, 15) is 9.59 Å². The van der Waals surface area contributed by atoms with Gasteiger partial charge in [-0.2, -0.15) is 0 Å². The summed E-state index contributed by atoms with van der Waals surface area (Å²) < 4.78 is 5.44. The van der Waals surface area contributed by atoms with Gasteiger partial charge in [0.05, 0.1) is 6.61 Å². The molecule has 1 aromatic rings. The molecule has 0 saturated heterocycles. The Morgan fingerprint density at radius 2 is 1.92 bits per heavy atom. The van der Waals surface area contributed by atoms with Crippen LogP contribution in [0.4, 0.5) is 0 Å². The molecule has 1 aliphatic carbocycles. The molecule has 5 nitrogen and oxygen atoms in total. The third kappa shape index (κ3) is 7.13. The minimum atomic E-state index is -0.536. The van der Waals surface area contributed by atoms with Crippen molar-refractivity contribution in [2.75, 3.05) is 13.2 Å². The quantitative estimate of drug-likeness (QED) is 0.645. The first-order valence-corrected chi connectivity index (χ1v) is 8.76. The third-order valence-corrected chi connectivity index (χ3v) is 3.78. The highest BCUT2D eigenvalue weighted by Gasteiger charge is 2.28. The maximum atomic E-state index is 12.4. The number of nitrogens with one attached hydrogen (secondary N) is 2. The van der Waals surface area contributed by atoms with Crippen LogP contribution >= 0.6 is 0 Å². The average Bonchev–Trinajstić information content (AvgIpc) is 3.36. The normalized spacial score (nSPS) is 15.1. The number of amides is 2. The number of ether oxygens (including phenoxy) is 1. The number of hydrogen-bond donors (Lipinski definition) is 2. The van der Waals surface area contributed by atoms with Crippen molar-refractivity contribution < 1.29 is 14.3 Å². The Bertz CT molecular complexity index is 527. The van der Waals surface area contributed by atoms with E-state index in [-0.39, 0.29) is 24.3 Å². The Kier molecular flexibility index (Phi) is 7.25. The van der Waals surface area contributed by atoms with E-state index in [2.05, 4.69) is 24.5 Å². The molecule has 0 bridgehead atoms. The molecule has 0 radical (unpaired) electrons. The molecule has 1 aromatic carbocycles. The molecule has 132 valence electrons. The van der Waals surface area contributed by atoms with Gasteiger partial charge in [0.15, 0.2) is 0 Å². The second kappa shape index (κ2) is 9.42. The van der Waals surface area contributed by atoms with Crippen molar-refractivity contribution in [2.24, 2.45) is 5.92 Å². The summed E-state index contributed by atoms with van der Waals surface area (Å²) in [5.74, 6) is 0.201. The van der Waals surface area contributed by atoms with Gasteiger partial charge >= 0.3 is 0 Å². The van der Waals surface area contributed by atoms with Crippen LogP contribution in [0.15, 0.2) is 30.3 Å². The summed E-state index contributed by atoms with van der Waals surface area (Å²) in [5.41, 5.74) is 1.03. The maximum absolute atomic E-state index is 12.4. The number of carbonyl (C=O) groups is 2. The smallest absolute Gasteiger partial charge is 0.243 e. The van der Waals surface area contributed by atoms with Gasteiger partial charge in [0, 0.05) is 25.5 Å². The molecule has 0 aliphatic heterocycles. The van der Waals surface area contributed by atoms with E-state index in [0.29, 0.717) is 25.6 Å². The monoisotopic (exact) mass is 332 g/mol. The van der Waals surface area contributed by atoms with E-state index in [1.165, 1.54) is 0 Å². The fraction of sp³-hybridized carbons (Fsp3) is 0.579. The number of hydrogen-bond acceptors (Lipinski definition) is 3. The highest BCUT2D eigenvalue weighted by Crippen LogP contribution is 2.19. The standard InChI is InChI=1S/C19H28N2O3/c1-14(2)13-24-11-10-18(22)21-17(19(23)20-16-8-9-16)12-15-6-4-3-5-7-15/h3-7,14,16-17H,8-13H2,1-2H3,(H,20,23)(H,21,22)/t17-/m1/s1. The van der Waals surface area contributed by atoms with Gasteiger partial charge in [-0.05, 0) is 24.3 Å². The van der Waals surface area contributed by atoms with E-state index in [1.807, 2.05) is 30.3 Å². The first-order valence-electron chi connectivity index (χ1n) is 8.76. The van der Waals surface area contributed by atoms with Crippen LogP contribution in [0.25, 0.3) is 0 Å². The molecule has 24 heavy (non-hydrogen) atoms. The summed E-state index contributed by atoms with van der Waals surface area (Å²) in [6, 6.07) is 9.49. The minimum Gasteiger partial charge on any atom is -0.381 e. The van der Waals surface area contributed by atoms with Gasteiger partial charge in [0.25, 0.3) is 0 Å². The topological polar surface area (TPSA) is 67.4 Å². The van der Waals surface area contributed by atoms with Crippen LogP contribution in [0.1, 0.15) is 38.7 Å². The van der Waals surface area contributed by atoms with Gasteiger partial charge < -0.3 is 15.4 Å². The van der Waals surface area contributed by atoms with Crippen molar-refractivity contribution in [3.8, 4) is 0 Å². The lowest BCUT2D eigenvalue weighted by atomic mass is 10.0. The van der Waals surface area contributed by atoms with Crippen LogP contribution in [0.3, 0.4) is 0 Å². The third-order valence-electron chi connectivity index (χ3n) is 3.78. The molecule has 2 N–H and O–H groups in total. The zero-order valence-electron chi connectivity index (χ0n) is 14.6. The molecular weight excluding hydrogens is 304 g/mol. The average molecular weight is 332 g/mol. The minimum absolute atomic E-state index is 0.0993. The zero-order valence-corrected chi connectivity index (χ0v) is 14.6. The van der Waals surface area contributed by atoms with E-state index in [1.54, 1.807) is 0 Å². The van der Waals surface area contributed by atoms with Gasteiger partial charge in [-0.1, -0.05) is 44.2 Å². The second-order valence-corrected chi connectivity index (χ2v) is 6.81. The van der Waals surface area contributed by atoms with Crippen LogP contribution < -0.4 is 10.6 Å². The molecule has 1 aliphatic rings. The van der Waals surface area contributed by atoms with Crippen molar-refractivity contribution in [1.29, 1.82) is 0 Å². The lowest BCUT2D eigenvalue weighted by molar-refractivity contribution is -0.129. The summed E-state index contributed by atoms with van der Waals surface area (Å²) >= 11 is 0. The van der Waals surface area contributed by atoms with E-state index >= 15 is 0 Å². The maximum Gasteiger partial charge on any atom is 0.243 e. The molecule has 0 aromatic heterocycles. The van der Waals surface area contributed by atoms with Crippen LogP contribution in [-0.4, -0.2) is 37.1 Å². The van der Waals surface area contributed by atoms with Gasteiger partial charge in [0.2, 0.25) is 11.8 Å². The van der Waals surface area contributed by atoms with Crippen LogP contribution in [0.5, 0.6) is 0 Å². The van der Waals surface area contributed by atoms with E-state index in [0.717, 1.165) is 18.4 Å². The molecule has 5 heteroatoms. The van der Waals surface area contributed by atoms with Crippen molar-refractivity contribution in [3.05, 3.63) is 35.9 Å². The Hall–Kier alpha value is -1.88. The molecule has 2 rings (SSSR count). The SMILES string of the molecule is CC(C)COCCC(=O)N[C@H](Cc1ccccc1)C(=O)NC1CC1. The lowest BCUT2D eigenvalue weighted by Crippen LogP contribution is -2.48. The molecule has 0 unspecified atom stereocenters. The summed E-state index contributed by atoms with van der Waals surface area (Å²) in [5, 5.41) is 5.83. The molecule has 1 fully saturated rings. The largest absolute Gasteiger partial charge is 0.381 e. The second-order valence-electron chi connectivity index (χ2n) is 6.81. The van der Waals surface area contributed by atoms with Crippen molar-refractivity contribution in [3.63, 3.8) is 0 Å². The van der Waals surface area contributed by atoms with Crippen LogP contribution in [-0.2, 0) is 20.7 Å². The number of carbonyl (C=O) groups excluding carboxylic acids is 2. The summed E-state index contributed by atoms with van der Waals surface area (Å²) in [6.07, 6.45) is 2.83. The predicted octanol–water partition coefficient (Wildman–Crippen LogP) is 2.06. The molecule has 0 spiro atoms. The van der Waals surface area contributed by atoms with Crippen LogP contribution in [0.2, 0.25) is 0 Å². The first-order chi connectivity index (χ1) is 11.5. The van der Waals surface area contributed by atoms with Gasteiger partial charge in [-0.3, -0.25) is 9.59 Å². The molecule has 2 amide bonds. The molecular formula is C19H28N2O3. The highest BCUT2D eigenvalue weighted by atomic mass is 16.5. The molecule has 1 saturated carbocycles. The molecule has 1 atom stereocenters. The fourth-order valence-electron chi connectivity index (χ4n) is 2.34. The predicted molar refractivity (Wildman–Crippen MR) is 93.5 cm³/mol. The van der Waals surface area contributed by atoms with E-state index in [4.69, 9.17) is 4.74 Å². The number of benzene rings is 1. The Morgan fingerprint density at radius 1 is 1.21 bits per heavy atom.